The van der Waals surface area contributed by atoms with Gasteiger partial charge in [0.05, 0.1) is 4.90 Å². The molecule has 1 aliphatic carbocycles. The molecule has 0 radical (unpaired) electrons. The molecule has 25 heavy (non-hydrogen) atoms. The summed E-state index contributed by atoms with van der Waals surface area (Å²) < 4.78 is 27.7. The van der Waals surface area contributed by atoms with E-state index in [9.17, 15) is 8.42 Å². The molecule has 3 N–H and O–H groups in total. The van der Waals surface area contributed by atoms with E-state index in [-0.39, 0.29) is 4.90 Å². The number of nitrogens with one attached hydrogen (secondary N) is 1. The lowest BCUT2D eigenvalue weighted by atomic mass is 9.85. The third kappa shape index (κ3) is 2.98. The van der Waals surface area contributed by atoms with Crippen molar-refractivity contribution < 1.29 is 8.42 Å². The molecule has 0 saturated carbocycles. The minimum Gasteiger partial charge on any atom is -0.399 e. The molecule has 0 spiro atoms. The van der Waals surface area contributed by atoms with Crippen molar-refractivity contribution in [2.75, 3.05) is 10.5 Å². The molecule has 1 aliphatic rings. The maximum absolute atomic E-state index is 12.5. The highest BCUT2D eigenvalue weighted by Crippen LogP contribution is 2.35. The van der Waals surface area contributed by atoms with Crippen LogP contribution in [0.25, 0.3) is 11.1 Å². The summed E-state index contributed by atoms with van der Waals surface area (Å²) in [6, 6.07) is 20.3. The number of nitrogen functional groups attached to an aromatic ring is 1. The minimum absolute atomic E-state index is 0.199. The van der Waals surface area contributed by atoms with Crippen molar-refractivity contribution in [2.45, 2.75) is 17.7 Å². The Kier molecular flexibility index (Phi) is 3.73. The van der Waals surface area contributed by atoms with E-state index in [2.05, 4.69) is 22.9 Å². The lowest BCUT2D eigenvalue weighted by molar-refractivity contribution is 0.601. The summed E-state index contributed by atoms with van der Waals surface area (Å²) in [6.07, 6.45) is 1.88. The Bertz CT molecular complexity index is 1040. The van der Waals surface area contributed by atoms with Crippen LogP contribution in [0.2, 0.25) is 0 Å². The van der Waals surface area contributed by atoms with Gasteiger partial charge in [-0.3, -0.25) is 4.72 Å². The summed E-state index contributed by atoms with van der Waals surface area (Å²) in [5.41, 5.74) is 11.6. The fourth-order valence-corrected chi connectivity index (χ4v) is 4.31. The van der Waals surface area contributed by atoms with E-state index < -0.39 is 10.0 Å². The molecule has 3 aromatic rings. The Labute approximate surface area is 147 Å². The molecule has 0 heterocycles. The second-order valence-corrected chi connectivity index (χ2v) is 7.89. The molecule has 126 valence electrons. The summed E-state index contributed by atoms with van der Waals surface area (Å²) in [5.74, 6) is 0. The number of hydrogen-bond acceptors (Lipinski definition) is 3. The van der Waals surface area contributed by atoms with Gasteiger partial charge in [-0.05, 0) is 71.5 Å². The number of fused-ring (bicyclic) bond motifs is 3. The fourth-order valence-electron chi connectivity index (χ4n) is 3.26. The number of sulfonamides is 1. The van der Waals surface area contributed by atoms with E-state index in [1.165, 1.54) is 28.8 Å². The number of rotatable bonds is 3. The van der Waals surface area contributed by atoms with E-state index in [1.54, 1.807) is 12.1 Å². The van der Waals surface area contributed by atoms with Crippen LogP contribution in [0.5, 0.6) is 0 Å². The van der Waals surface area contributed by atoms with Crippen LogP contribution in [0.4, 0.5) is 11.4 Å². The SMILES string of the molecule is Nc1ccc(S(=O)(=O)Nc2ccc3c(c2)CCc2ccccc2-3)cc1. The summed E-state index contributed by atoms with van der Waals surface area (Å²) in [5, 5.41) is 0. The van der Waals surface area contributed by atoms with Crippen molar-refractivity contribution in [1.29, 1.82) is 0 Å². The van der Waals surface area contributed by atoms with Gasteiger partial charge in [-0.15, -0.1) is 0 Å². The molecule has 4 rings (SSSR count). The van der Waals surface area contributed by atoms with Crippen molar-refractivity contribution in [3.8, 4) is 11.1 Å². The first-order valence-electron chi connectivity index (χ1n) is 8.12. The Morgan fingerprint density at radius 3 is 2.28 bits per heavy atom. The second kappa shape index (κ2) is 5.93. The van der Waals surface area contributed by atoms with Gasteiger partial charge in [0.15, 0.2) is 0 Å². The monoisotopic (exact) mass is 350 g/mol. The lowest BCUT2D eigenvalue weighted by Gasteiger charge is -2.20. The molecule has 0 fully saturated rings. The smallest absolute Gasteiger partial charge is 0.261 e. The minimum atomic E-state index is -3.62. The van der Waals surface area contributed by atoms with E-state index in [0.717, 1.165) is 18.4 Å². The van der Waals surface area contributed by atoms with Crippen LogP contribution in [0, 0.1) is 0 Å². The lowest BCUT2D eigenvalue weighted by Crippen LogP contribution is -2.13. The number of benzene rings is 3. The fraction of sp³-hybridized carbons (Fsp3) is 0.100. The predicted molar refractivity (Wildman–Crippen MR) is 101 cm³/mol. The van der Waals surface area contributed by atoms with E-state index in [1.807, 2.05) is 24.3 Å². The standard InChI is InChI=1S/C20H18N2O2S/c21-16-7-10-18(11-8-16)25(23,24)22-17-9-12-20-15(13-17)6-5-14-3-1-2-4-19(14)20/h1-4,7-13,22H,5-6,21H2. The van der Waals surface area contributed by atoms with Crippen LogP contribution < -0.4 is 10.5 Å². The molecule has 0 amide bonds. The van der Waals surface area contributed by atoms with Crippen molar-refractivity contribution in [1.82, 2.24) is 0 Å². The summed E-state index contributed by atoms with van der Waals surface area (Å²) in [6.45, 7) is 0. The Hall–Kier alpha value is -2.79. The van der Waals surface area contributed by atoms with Gasteiger partial charge in [-0.1, -0.05) is 30.3 Å². The molecule has 0 atom stereocenters. The molecule has 0 unspecified atom stereocenters. The molecular weight excluding hydrogens is 332 g/mol. The molecule has 5 heteroatoms. The zero-order valence-corrected chi connectivity index (χ0v) is 14.4. The molecule has 4 nitrogen and oxygen atoms in total. The molecule has 0 saturated heterocycles. The van der Waals surface area contributed by atoms with Crippen molar-refractivity contribution in [3.05, 3.63) is 77.9 Å². The van der Waals surface area contributed by atoms with Gasteiger partial charge in [0.1, 0.15) is 0 Å². The topological polar surface area (TPSA) is 72.2 Å². The summed E-state index contributed by atoms with van der Waals surface area (Å²) >= 11 is 0. The van der Waals surface area contributed by atoms with Crippen molar-refractivity contribution in [2.24, 2.45) is 0 Å². The predicted octanol–water partition coefficient (Wildman–Crippen LogP) is 3.84. The Balaban J connectivity index is 1.66. The third-order valence-electron chi connectivity index (χ3n) is 4.52. The highest BCUT2D eigenvalue weighted by molar-refractivity contribution is 7.92. The van der Waals surface area contributed by atoms with Crippen molar-refractivity contribution in [3.63, 3.8) is 0 Å². The van der Waals surface area contributed by atoms with Gasteiger partial charge in [0.2, 0.25) is 0 Å². The van der Waals surface area contributed by atoms with E-state index >= 15 is 0 Å². The number of hydrogen-bond donors (Lipinski definition) is 2. The average molecular weight is 350 g/mol. The highest BCUT2D eigenvalue weighted by Gasteiger charge is 2.18. The van der Waals surface area contributed by atoms with Crippen LogP contribution in [0.15, 0.2) is 71.6 Å². The third-order valence-corrected chi connectivity index (χ3v) is 5.92. The highest BCUT2D eigenvalue weighted by atomic mass is 32.2. The molecule has 0 aliphatic heterocycles. The van der Waals surface area contributed by atoms with Gasteiger partial charge in [0.25, 0.3) is 10.0 Å². The number of aryl methyl sites for hydroxylation is 2. The molecule has 3 aromatic carbocycles. The number of anilines is 2. The van der Waals surface area contributed by atoms with Crippen LogP contribution in [0.3, 0.4) is 0 Å². The second-order valence-electron chi connectivity index (χ2n) is 6.20. The maximum atomic E-state index is 12.5. The molecule has 0 aromatic heterocycles. The van der Waals surface area contributed by atoms with E-state index in [4.69, 9.17) is 5.73 Å². The van der Waals surface area contributed by atoms with Crippen LogP contribution in [-0.2, 0) is 22.9 Å². The van der Waals surface area contributed by atoms with Crippen LogP contribution in [0.1, 0.15) is 11.1 Å². The Morgan fingerprint density at radius 1 is 0.800 bits per heavy atom. The first kappa shape index (κ1) is 15.7. The van der Waals surface area contributed by atoms with Gasteiger partial charge < -0.3 is 5.73 Å². The summed E-state index contributed by atoms with van der Waals surface area (Å²) in [4.78, 5) is 0.199. The van der Waals surface area contributed by atoms with Crippen LogP contribution >= 0.6 is 0 Å². The largest absolute Gasteiger partial charge is 0.399 e. The van der Waals surface area contributed by atoms with Gasteiger partial charge in [-0.2, -0.15) is 0 Å². The maximum Gasteiger partial charge on any atom is 0.261 e. The van der Waals surface area contributed by atoms with E-state index in [0.29, 0.717) is 11.4 Å². The summed E-state index contributed by atoms with van der Waals surface area (Å²) in [7, 11) is -3.62. The van der Waals surface area contributed by atoms with Gasteiger partial charge in [0, 0.05) is 11.4 Å². The molecular formula is C20H18N2O2S. The van der Waals surface area contributed by atoms with Gasteiger partial charge >= 0.3 is 0 Å². The first-order chi connectivity index (χ1) is 12.0. The molecule has 0 bridgehead atoms. The Morgan fingerprint density at radius 2 is 1.48 bits per heavy atom. The van der Waals surface area contributed by atoms with Crippen LogP contribution in [-0.4, -0.2) is 8.42 Å². The van der Waals surface area contributed by atoms with Crippen molar-refractivity contribution >= 4 is 21.4 Å². The quantitative estimate of drug-likeness (QED) is 0.705. The zero-order valence-electron chi connectivity index (χ0n) is 13.6. The first-order valence-corrected chi connectivity index (χ1v) is 9.61. The normalized spacial score (nSPS) is 13.0. The average Bonchev–Trinajstić information content (AvgIpc) is 2.61. The zero-order chi connectivity index (χ0) is 17.4. The number of nitrogens with two attached hydrogens (primary N) is 1. The van der Waals surface area contributed by atoms with Gasteiger partial charge in [-0.25, -0.2) is 8.42 Å².